The molecule has 1 aromatic heterocycles. The van der Waals surface area contributed by atoms with Crippen LogP contribution in [0.4, 0.5) is 0 Å². The summed E-state index contributed by atoms with van der Waals surface area (Å²) >= 11 is 0. The molecule has 0 spiro atoms. The molecule has 1 heterocycles. The van der Waals surface area contributed by atoms with Crippen LogP contribution in [0.2, 0.25) is 0 Å². The molecular formula is C12H10O6. The second-order valence-corrected chi connectivity index (χ2v) is 3.66. The van der Waals surface area contributed by atoms with E-state index in [1.165, 1.54) is 18.2 Å². The van der Waals surface area contributed by atoms with Gasteiger partial charge in [-0.15, -0.1) is 0 Å². The van der Waals surface area contributed by atoms with Gasteiger partial charge in [0.2, 0.25) is 0 Å². The van der Waals surface area contributed by atoms with E-state index in [1.54, 1.807) is 6.07 Å². The first-order chi connectivity index (χ1) is 8.56. The largest absolute Gasteiger partial charge is 0.508 e. The van der Waals surface area contributed by atoms with Gasteiger partial charge in [0.15, 0.2) is 0 Å². The Bertz CT molecular complexity index is 643. The number of ether oxygens (including phenoxy) is 1. The van der Waals surface area contributed by atoms with Gasteiger partial charge in [0.1, 0.15) is 17.9 Å². The van der Waals surface area contributed by atoms with Gasteiger partial charge < -0.3 is 19.4 Å². The Morgan fingerprint density at radius 1 is 1.33 bits per heavy atom. The lowest BCUT2D eigenvalue weighted by molar-refractivity contribution is -0.142. The molecule has 94 valence electrons. The van der Waals surface area contributed by atoms with Crippen LogP contribution in [-0.2, 0) is 16.1 Å². The number of benzene rings is 1. The molecule has 0 saturated heterocycles. The fourth-order valence-electron chi connectivity index (χ4n) is 1.59. The second kappa shape index (κ2) is 4.89. The smallest absolute Gasteiger partial charge is 0.336 e. The summed E-state index contributed by atoms with van der Waals surface area (Å²) in [6.45, 7) is -0.459. The zero-order valence-corrected chi connectivity index (χ0v) is 9.25. The Kier molecular flexibility index (Phi) is 3.29. The van der Waals surface area contributed by atoms with Crippen LogP contribution in [0.5, 0.6) is 5.75 Å². The first-order valence-electron chi connectivity index (χ1n) is 5.11. The summed E-state index contributed by atoms with van der Waals surface area (Å²) in [5.41, 5.74) is 0.168. The van der Waals surface area contributed by atoms with Gasteiger partial charge in [-0.1, -0.05) is 0 Å². The van der Waals surface area contributed by atoms with Gasteiger partial charge in [-0.2, -0.15) is 0 Å². The van der Waals surface area contributed by atoms with Crippen molar-refractivity contribution in [2.24, 2.45) is 0 Å². The topological polar surface area (TPSA) is 97.0 Å². The number of phenolic OH excluding ortho intramolecular Hbond substituents is 1. The van der Waals surface area contributed by atoms with Crippen LogP contribution in [0, 0.1) is 0 Å². The number of carboxylic acids is 1. The summed E-state index contributed by atoms with van der Waals surface area (Å²) in [5.74, 6) is -1.10. The number of carbonyl (C=O) groups is 1. The van der Waals surface area contributed by atoms with E-state index in [2.05, 4.69) is 0 Å². The maximum absolute atomic E-state index is 11.3. The molecule has 0 radical (unpaired) electrons. The molecule has 0 atom stereocenters. The summed E-state index contributed by atoms with van der Waals surface area (Å²) in [4.78, 5) is 21.6. The molecule has 0 fully saturated rings. The van der Waals surface area contributed by atoms with Crippen LogP contribution >= 0.6 is 0 Å². The predicted octanol–water partition coefficient (Wildman–Crippen LogP) is 1.10. The van der Waals surface area contributed by atoms with E-state index in [0.29, 0.717) is 10.9 Å². The van der Waals surface area contributed by atoms with Crippen molar-refractivity contribution in [2.75, 3.05) is 6.61 Å². The zero-order valence-electron chi connectivity index (χ0n) is 9.25. The lowest BCUT2D eigenvalue weighted by atomic mass is 10.1. The van der Waals surface area contributed by atoms with E-state index in [1.807, 2.05) is 0 Å². The van der Waals surface area contributed by atoms with E-state index < -0.39 is 18.2 Å². The molecule has 0 saturated carbocycles. The van der Waals surface area contributed by atoms with Crippen LogP contribution in [0.3, 0.4) is 0 Å². The highest BCUT2D eigenvalue weighted by atomic mass is 16.5. The Balaban J connectivity index is 2.37. The van der Waals surface area contributed by atoms with Crippen molar-refractivity contribution in [3.8, 4) is 5.75 Å². The summed E-state index contributed by atoms with van der Waals surface area (Å²) in [6, 6.07) is 5.58. The third-order valence-corrected chi connectivity index (χ3v) is 2.30. The fraction of sp³-hybridized carbons (Fsp3) is 0.167. The Hall–Kier alpha value is -2.34. The Morgan fingerprint density at radius 2 is 2.11 bits per heavy atom. The monoisotopic (exact) mass is 250 g/mol. The van der Waals surface area contributed by atoms with Crippen molar-refractivity contribution in [3.63, 3.8) is 0 Å². The van der Waals surface area contributed by atoms with Crippen LogP contribution in [0.15, 0.2) is 33.5 Å². The maximum Gasteiger partial charge on any atom is 0.336 e. The molecule has 6 nitrogen and oxygen atoms in total. The van der Waals surface area contributed by atoms with Gasteiger partial charge in [0.05, 0.1) is 6.61 Å². The minimum Gasteiger partial charge on any atom is -0.508 e. The first-order valence-corrected chi connectivity index (χ1v) is 5.11. The molecule has 0 unspecified atom stereocenters. The highest BCUT2D eigenvalue weighted by Gasteiger charge is 2.07. The van der Waals surface area contributed by atoms with E-state index in [9.17, 15) is 14.7 Å². The molecule has 1 aromatic carbocycles. The van der Waals surface area contributed by atoms with Crippen molar-refractivity contribution in [1.29, 1.82) is 0 Å². The molecule has 2 N–H and O–H groups in total. The number of rotatable bonds is 4. The average Bonchev–Trinajstić information content (AvgIpc) is 2.27. The highest BCUT2D eigenvalue weighted by molar-refractivity contribution is 5.81. The lowest BCUT2D eigenvalue weighted by Crippen LogP contribution is -2.08. The number of carboxylic acid groups (broad SMARTS) is 1. The number of hydrogen-bond donors (Lipinski definition) is 2. The normalized spacial score (nSPS) is 10.7. The number of aromatic hydroxyl groups is 1. The van der Waals surface area contributed by atoms with Crippen molar-refractivity contribution < 1.29 is 24.2 Å². The van der Waals surface area contributed by atoms with Crippen molar-refractivity contribution in [1.82, 2.24) is 0 Å². The third kappa shape index (κ3) is 2.67. The van der Waals surface area contributed by atoms with Gasteiger partial charge in [-0.3, -0.25) is 0 Å². The van der Waals surface area contributed by atoms with Crippen LogP contribution in [0.25, 0.3) is 11.0 Å². The summed E-state index contributed by atoms with van der Waals surface area (Å²) in [5, 5.41) is 18.3. The molecule has 0 amide bonds. The SMILES string of the molecule is O=C(O)COCc1cc(=O)oc2cc(O)ccc12. The molecule has 0 aliphatic heterocycles. The Morgan fingerprint density at radius 3 is 2.83 bits per heavy atom. The quantitative estimate of drug-likeness (QED) is 0.788. The van der Waals surface area contributed by atoms with E-state index in [4.69, 9.17) is 14.3 Å². The molecule has 0 aliphatic rings. The predicted molar refractivity (Wildman–Crippen MR) is 61.4 cm³/mol. The highest BCUT2D eigenvalue weighted by Crippen LogP contribution is 2.22. The second-order valence-electron chi connectivity index (χ2n) is 3.66. The molecule has 0 bridgehead atoms. The van der Waals surface area contributed by atoms with Gasteiger partial charge in [0.25, 0.3) is 0 Å². The fourth-order valence-corrected chi connectivity index (χ4v) is 1.59. The molecule has 2 rings (SSSR count). The number of hydrogen-bond acceptors (Lipinski definition) is 5. The molecule has 0 aliphatic carbocycles. The average molecular weight is 250 g/mol. The van der Waals surface area contributed by atoms with Crippen molar-refractivity contribution in [3.05, 3.63) is 40.2 Å². The lowest BCUT2D eigenvalue weighted by Gasteiger charge is -2.05. The van der Waals surface area contributed by atoms with E-state index in [-0.39, 0.29) is 17.9 Å². The van der Waals surface area contributed by atoms with E-state index in [0.717, 1.165) is 0 Å². The van der Waals surface area contributed by atoms with Crippen molar-refractivity contribution >= 4 is 16.9 Å². The molecule has 2 aromatic rings. The number of phenols is 1. The summed E-state index contributed by atoms with van der Waals surface area (Å²) < 4.78 is 9.85. The Labute approximate surface area is 101 Å². The zero-order chi connectivity index (χ0) is 13.1. The van der Waals surface area contributed by atoms with Gasteiger partial charge in [0, 0.05) is 17.5 Å². The summed E-state index contributed by atoms with van der Waals surface area (Å²) in [7, 11) is 0. The number of fused-ring (bicyclic) bond motifs is 1. The number of aliphatic carboxylic acids is 1. The minimum atomic E-state index is -1.08. The molecule has 6 heteroatoms. The van der Waals surface area contributed by atoms with E-state index >= 15 is 0 Å². The minimum absolute atomic E-state index is 0.0147. The standard InChI is InChI=1S/C12H10O6/c13-8-1-2-9-7(5-17-6-11(14)15)3-12(16)18-10(9)4-8/h1-4,13H,5-6H2,(H,14,15). The van der Waals surface area contributed by atoms with Crippen LogP contribution in [-0.4, -0.2) is 22.8 Å². The van der Waals surface area contributed by atoms with Crippen LogP contribution < -0.4 is 5.63 Å². The maximum atomic E-state index is 11.3. The van der Waals surface area contributed by atoms with Crippen LogP contribution in [0.1, 0.15) is 5.56 Å². The molecular weight excluding hydrogens is 240 g/mol. The van der Waals surface area contributed by atoms with Gasteiger partial charge >= 0.3 is 11.6 Å². The van der Waals surface area contributed by atoms with Crippen molar-refractivity contribution in [2.45, 2.75) is 6.61 Å². The molecule has 18 heavy (non-hydrogen) atoms. The third-order valence-electron chi connectivity index (χ3n) is 2.30. The summed E-state index contributed by atoms with van der Waals surface area (Å²) in [6.07, 6.45) is 0. The van der Waals surface area contributed by atoms with Gasteiger partial charge in [-0.05, 0) is 17.7 Å². The van der Waals surface area contributed by atoms with Gasteiger partial charge in [-0.25, -0.2) is 9.59 Å². The first kappa shape index (κ1) is 12.1.